The number of esters is 1. The molecule has 0 fully saturated rings. The highest BCUT2D eigenvalue weighted by Crippen LogP contribution is 2.43. The lowest BCUT2D eigenvalue weighted by molar-refractivity contribution is -1.06. The van der Waals surface area contributed by atoms with Gasteiger partial charge in [0.1, 0.15) is 47.3 Å². The number of ether oxygens (including phenoxy) is 2. The molecule has 0 spiro atoms. The number of sulfonamides is 1. The average molecular weight is 1180 g/mol. The zero-order chi connectivity index (χ0) is 60.3. The van der Waals surface area contributed by atoms with E-state index in [0.29, 0.717) is 35.9 Å². The molecule has 2 heterocycles. The summed E-state index contributed by atoms with van der Waals surface area (Å²) in [5.41, 5.74) is 3.64. The van der Waals surface area contributed by atoms with Crippen molar-refractivity contribution in [3.05, 3.63) is 173 Å². The van der Waals surface area contributed by atoms with E-state index in [2.05, 4.69) is 61.6 Å². The first kappa shape index (κ1) is 62.8. The highest BCUT2D eigenvalue weighted by molar-refractivity contribution is 7.89. The number of imidazole rings is 1. The second-order valence-corrected chi connectivity index (χ2v) is 24.7. The molecular formula is C60H73N8O13S2+. The highest BCUT2D eigenvalue weighted by Gasteiger charge is 2.44. The van der Waals surface area contributed by atoms with Gasteiger partial charge in [0.25, 0.3) is 10.1 Å². The van der Waals surface area contributed by atoms with Crippen molar-refractivity contribution in [2.45, 2.75) is 102 Å². The van der Waals surface area contributed by atoms with E-state index in [4.69, 9.17) is 19.3 Å². The summed E-state index contributed by atoms with van der Waals surface area (Å²) in [6.07, 6.45) is 4.22. The first-order valence-electron chi connectivity index (χ1n) is 27.0. The molecule has 23 heteroatoms. The van der Waals surface area contributed by atoms with Crippen LogP contribution in [0.5, 0.6) is 5.75 Å². The van der Waals surface area contributed by atoms with E-state index in [9.17, 15) is 45.4 Å². The number of quaternary nitrogens is 1. The van der Waals surface area contributed by atoms with Crippen molar-refractivity contribution in [2.24, 2.45) is 0 Å². The van der Waals surface area contributed by atoms with Gasteiger partial charge in [-0.1, -0.05) is 97.1 Å². The van der Waals surface area contributed by atoms with Crippen molar-refractivity contribution in [1.29, 1.82) is 0 Å². The molecule has 0 saturated carbocycles. The van der Waals surface area contributed by atoms with Crippen LogP contribution >= 0.6 is 0 Å². The van der Waals surface area contributed by atoms with Crippen LogP contribution < -0.4 is 30.3 Å². The van der Waals surface area contributed by atoms with Gasteiger partial charge in [-0.15, -0.1) is 4.65 Å². The number of aryl methyl sites for hydroxylation is 2. The third-order valence-electron chi connectivity index (χ3n) is 14.3. The number of amides is 3. The van der Waals surface area contributed by atoms with Crippen LogP contribution in [0.15, 0.2) is 139 Å². The molecule has 21 nitrogen and oxygen atoms in total. The Kier molecular flexibility index (Phi) is 20.1. The van der Waals surface area contributed by atoms with Crippen LogP contribution in [0.3, 0.4) is 0 Å². The Labute approximate surface area is 485 Å². The van der Waals surface area contributed by atoms with E-state index in [-0.39, 0.29) is 66.7 Å². The smallest absolute Gasteiger partial charge is 0.334 e. The number of nitrogens with one attached hydrogen (secondary N) is 4. The number of fused-ring (bicyclic) bond motifs is 1. The molecule has 5 N–H and O–H groups in total. The van der Waals surface area contributed by atoms with Crippen LogP contribution in [-0.4, -0.2) is 135 Å². The van der Waals surface area contributed by atoms with Crippen LogP contribution in [0.2, 0.25) is 0 Å². The first-order chi connectivity index (χ1) is 39.3. The number of ketones is 1. The molecule has 1 aliphatic rings. The maximum Gasteiger partial charge on any atom is 0.334 e. The molecule has 0 radical (unpaired) electrons. The fourth-order valence-corrected chi connectivity index (χ4v) is 13.1. The van der Waals surface area contributed by atoms with Gasteiger partial charge in [-0.2, -0.15) is 18.0 Å². The van der Waals surface area contributed by atoms with Gasteiger partial charge < -0.3 is 30.3 Å². The molecule has 4 atom stereocenters. The van der Waals surface area contributed by atoms with E-state index >= 15 is 0 Å². The topological polar surface area (TPSA) is 271 Å². The third kappa shape index (κ3) is 15.1. The number of anilines is 2. The van der Waals surface area contributed by atoms with Crippen molar-refractivity contribution in [3.8, 4) is 5.75 Å². The Morgan fingerprint density at radius 1 is 0.867 bits per heavy atom. The number of hydrogen-bond acceptors (Lipinski definition) is 15. The number of nitrogens with zero attached hydrogens (tertiary/aromatic N) is 4. The lowest BCUT2D eigenvalue weighted by Gasteiger charge is -2.38. The van der Waals surface area contributed by atoms with Gasteiger partial charge in [0, 0.05) is 56.6 Å². The van der Waals surface area contributed by atoms with Crippen LogP contribution in [0.1, 0.15) is 90.7 Å². The minimum atomic E-state index is -4.45. The molecule has 6 aromatic rings. The summed E-state index contributed by atoms with van der Waals surface area (Å²) in [7, 11) is -6.11. The number of likely N-dealkylation sites (N-methyl/N-ethyl adjacent to an activating group) is 1. The Morgan fingerprint density at radius 3 is 2.00 bits per heavy atom. The predicted molar refractivity (Wildman–Crippen MR) is 312 cm³/mol. The number of carbonyl (C=O) groups excluding carboxylic acids is 5. The van der Waals surface area contributed by atoms with Crippen LogP contribution in [0.4, 0.5) is 11.6 Å². The molecule has 5 aromatic carbocycles. The summed E-state index contributed by atoms with van der Waals surface area (Å²) in [5.74, 6) is -2.09. The van der Waals surface area contributed by atoms with Gasteiger partial charge in [-0.3, -0.25) is 28.3 Å². The molecule has 1 aliphatic heterocycles. The molecule has 0 bridgehead atoms. The van der Waals surface area contributed by atoms with Gasteiger partial charge in [-0.05, 0) is 106 Å². The Balaban J connectivity index is 0.967. The van der Waals surface area contributed by atoms with Gasteiger partial charge >= 0.3 is 12.4 Å². The largest absolute Gasteiger partial charge is 0.494 e. The van der Waals surface area contributed by atoms with E-state index < -0.39 is 78.2 Å². The first-order valence-corrected chi connectivity index (χ1v) is 30.1. The summed E-state index contributed by atoms with van der Waals surface area (Å²) < 4.78 is 75.3. The van der Waals surface area contributed by atoms with Crippen molar-refractivity contribution in [3.63, 3.8) is 0 Å². The van der Waals surface area contributed by atoms with Gasteiger partial charge in [0.15, 0.2) is 5.78 Å². The summed E-state index contributed by atoms with van der Waals surface area (Å²) >= 11 is 0. The van der Waals surface area contributed by atoms with Gasteiger partial charge in [-0.25, -0.2) is 18.2 Å². The SMILES string of the molecule is COC(=O)[C@H](CNC(=O)C1CC(=O)c2ccc(CNc3nccn3C(c3ccccc3)(c3ccccc3)c3ccccc3)cc2N1C)NS(=O)(=O)c1c(C)cc(OCCCC(=O)NCC[N+](C=O)(OC(C)(C)C)[C@H](C)CS(=O)(=O)O)cc1C. The second kappa shape index (κ2) is 26.6. The third-order valence-corrected chi connectivity index (χ3v) is 17.0. The molecule has 1 aromatic heterocycles. The predicted octanol–water partition coefficient (Wildman–Crippen LogP) is 6.23. The van der Waals surface area contributed by atoms with Crippen molar-refractivity contribution < 1.29 is 64.3 Å². The normalized spacial score (nSPS) is 15.3. The minimum Gasteiger partial charge on any atom is -0.494 e. The molecule has 442 valence electrons. The van der Waals surface area contributed by atoms with Crippen LogP contribution in [0, 0.1) is 13.8 Å². The van der Waals surface area contributed by atoms with Crippen LogP contribution in [-0.2, 0) is 61.0 Å². The van der Waals surface area contributed by atoms with Gasteiger partial charge in [0.2, 0.25) is 27.8 Å². The van der Waals surface area contributed by atoms with Crippen LogP contribution in [0.25, 0.3) is 0 Å². The number of benzene rings is 5. The van der Waals surface area contributed by atoms with E-state index in [1.165, 1.54) is 19.1 Å². The zero-order valence-electron chi connectivity index (χ0n) is 47.8. The minimum absolute atomic E-state index is 0.0119. The fourth-order valence-electron chi connectivity index (χ4n) is 10.6. The Hall–Kier alpha value is -7.80. The molecule has 83 heavy (non-hydrogen) atoms. The zero-order valence-corrected chi connectivity index (χ0v) is 49.5. The molecular weight excluding hydrogens is 1100 g/mol. The molecule has 0 aliphatic carbocycles. The number of Topliss-reactive ketones (excluding diaryl/α,β-unsaturated/α-hetero) is 1. The highest BCUT2D eigenvalue weighted by atomic mass is 32.2. The maximum absolute atomic E-state index is 14.0. The number of hydrogen-bond donors (Lipinski definition) is 5. The van der Waals surface area contributed by atoms with Crippen molar-refractivity contribution >= 4 is 61.8 Å². The summed E-state index contributed by atoms with van der Waals surface area (Å²) in [6, 6.07) is 35.5. The number of hydroxylamine groups is 3. The summed E-state index contributed by atoms with van der Waals surface area (Å²) in [6.45, 7) is 9.27. The number of carbonyl (C=O) groups is 5. The van der Waals surface area contributed by atoms with E-state index in [1.54, 1.807) is 58.8 Å². The summed E-state index contributed by atoms with van der Waals surface area (Å²) in [5, 5.41) is 8.91. The molecule has 0 saturated heterocycles. The standard InChI is InChI=1S/C60H72N8O13S2/c1-41-33-48(80-32-18-25-54(71)61-29-31-68(40-69,81-59(4,5)6)43(3)39-82(74,75)76)34-42(2)55(41)83(77,78)65-50(57(73)79-8)38-63-56(72)52-36-53(70)49-27-26-44(35-51(49)66(52)7)37-64-58-62-28-30-67(58)60(45-19-12-9-13-20-45,46-21-14-10-15-22-46)47-23-16-11-17-24-47/h9-17,19-24,26-28,30,33-35,40,43,50,52,65H,18,25,29,31-32,36-39H2,1-8H3,(H3-,61,62,63,64,71,72,74,75,76)/p+1/t43-,50+,52?,68?/m1/s1. The number of aromatic nitrogens is 2. The van der Waals surface area contributed by atoms with E-state index in [1.807, 2.05) is 72.9 Å². The lowest BCUT2D eigenvalue weighted by Crippen LogP contribution is -2.60. The Bertz CT molecular complexity index is 3390. The monoisotopic (exact) mass is 1180 g/mol. The maximum atomic E-state index is 14.0. The quantitative estimate of drug-likeness (QED) is 0.00727. The second-order valence-electron chi connectivity index (χ2n) is 21.5. The lowest BCUT2D eigenvalue weighted by atomic mass is 9.76. The number of methoxy groups -OCH3 is 1. The average Bonchev–Trinajstić information content (AvgIpc) is 3.71. The fraction of sp³-hybridized carbons (Fsp3) is 0.367. The Morgan fingerprint density at radius 2 is 1.46 bits per heavy atom. The van der Waals surface area contributed by atoms with E-state index in [0.717, 1.165) is 29.4 Å². The summed E-state index contributed by atoms with van der Waals surface area (Å²) in [4.78, 5) is 78.2. The van der Waals surface area contributed by atoms with Crippen molar-refractivity contribution in [2.75, 3.05) is 56.4 Å². The van der Waals surface area contributed by atoms with Crippen molar-refractivity contribution in [1.82, 2.24) is 24.9 Å². The molecule has 3 amide bonds. The van der Waals surface area contributed by atoms with Gasteiger partial charge in [0.05, 0.1) is 25.2 Å². The molecule has 2 unspecified atom stereocenters. The molecule has 7 rings (SSSR count). The number of rotatable bonds is 27.